The Morgan fingerprint density at radius 3 is 2.70 bits per heavy atom. The van der Waals surface area contributed by atoms with Crippen LogP contribution >= 0.6 is 0 Å². The van der Waals surface area contributed by atoms with Crippen LogP contribution in [0, 0.1) is 0 Å². The first kappa shape index (κ1) is 13.1. The Morgan fingerprint density at radius 1 is 1.10 bits per heavy atom. The van der Waals surface area contributed by atoms with Gasteiger partial charge >= 0.3 is 0 Å². The Kier molecular flexibility index (Phi) is 3.97. The molecule has 1 N–H and O–H groups in total. The van der Waals surface area contributed by atoms with Crippen LogP contribution in [0.5, 0.6) is 5.88 Å². The van der Waals surface area contributed by atoms with Gasteiger partial charge < -0.3 is 10.0 Å². The first-order valence-corrected chi connectivity index (χ1v) is 7.23. The Labute approximate surface area is 118 Å². The standard InChI is InChI=1S/C15H20N4O/c20-15-13(14-6-2-3-7-16-14)12-19(17-15)11-10-18-8-4-1-5-9-18/h2-3,6-7,12H,1,4-5,8-11H2,(H,17,20). The van der Waals surface area contributed by atoms with Crippen LogP contribution in [-0.2, 0) is 6.54 Å². The van der Waals surface area contributed by atoms with Crippen molar-refractivity contribution in [3.8, 4) is 17.1 Å². The molecule has 20 heavy (non-hydrogen) atoms. The third-order valence-corrected chi connectivity index (χ3v) is 3.78. The lowest BCUT2D eigenvalue weighted by Gasteiger charge is -2.26. The van der Waals surface area contributed by atoms with Crippen LogP contribution in [0.2, 0.25) is 0 Å². The van der Waals surface area contributed by atoms with E-state index in [1.807, 2.05) is 29.1 Å². The van der Waals surface area contributed by atoms with E-state index in [0.717, 1.165) is 18.8 Å². The van der Waals surface area contributed by atoms with Gasteiger partial charge in [0.1, 0.15) is 0 Å². The van der Waals surface area contributed by atoms with E-state index in [1.54, 1.807) is 6.20 Å². The predicted octanol–water partition coefficient (Wildman–Crippen LogP) is 2.14. The topological polar surface area (TPSA) is 54.2 Å². The zero-order chi connectivity index (χ0) is 13.8. The average Bonchev–Trinajstić information content (AvgIpc) is 2.88. The predicted molar refractivity (Wildman–Crippen MR) is 77.4 cm³/mol. The van der Waals surface area contributed by atoms with E-state index in [2.05, 4.69) is 15.0 Å². The molecule has 0 unspecified atom stereocenters. The quantitative estimate of drug-likeness (QED) is 0.926. The number of nitrogens with zero attached hydrogens (tertiary/aromatic N) is 4. The van der Waals surface area contributed by atoms with Crippen molar-refractivity contribution >= 4 is 0 Å². The summed E-state index contributed by atoms with van der Waals surface area (Å²) in [5, 5.41) is 14.1. The smallest absolute Gasteiger partial charge is 0.239 e. The Hall–Kier alpha value is -1.88. The van der Waals surface area contributed by atoms with Crippen LogP contribution in [0.1, 0.15) is 19.3 Å². The van der Waals surface area contributed by atoms with E-state index in [0.29, 0.717) is 5.56 Å². The fourth-order valence-corrected chi connectivity index (χ4v) is 2.66. The minimum Gasteiger partial charge on any atom is -0.492 e. The highest BCUT2D eigenvalue weighted by molar-refractivity contribution is 5.63. The summed E-state index contributed by atoms with van der Waals surface area (Å²) in [5.41, 5.74) is 1.46. The molecule has 106 valence electrons. The number of likely N-dealkylation sites (tertiary alicyclic amines) is 1. The van der Waals surface area contributed by atoms with Gasteiger partial charge in [0.2, 0.25) is 5.88 Å². The number of rotatable bonds is 4. The third kappa shape index (κ3) is 2.99. The van der Waals surface area contributed by atoms with Crippen LogP contribution in [0.4, 0.5) is 0 Å². The molecule has 2 aromatic rings. The van der Waals surface area contributed by atoms with Gasteiger partial charge in [0.25, 0.3) is 0 Å². The SMILES string of the molecule is Oc1nn(CCN2CCCCC2)cc1-c1ccccn1. The van der Waals surface area contributed by atoms with Crippen molar-refractivity contribution in [1.29, 1.82) is 0 Å². The number of hydrogen-bond acceptors (Lipinski definition) is 4. The van der Waals surface area contributed by atoms with Gasteiger partial charge in [-0.15, -0.1) is 5.10 Å². The Bertz CT molecular complexity index is 546. The maximum atomic E-state index is 9.94. The van der Waals surface area contributed by atoms with Gasteiger partial charge in [-0.1, -0.05) is 12.5 Å². The maximum absolute atomic E-state index is 9.94. The lowest BCUT2D eigenvalue weighted by atomic mass is 10.1. The molecule has 0 aliphatic carbocycles. The van der Waals surface area contributed by atoms with E-state index < -0.39 is 0 Å². The lowest BCUT2D eigenvalue weighted by molar-refractivity contribution is 0.217. The van der Waals surface area contributed by atoms with Crippen molar-refractivity contribution < 1.29 is 5.11 Å². The van der Waals surface area contributed by atoms with Crippen molar-refractivity contribution in [3.05, 3.63) is 30.6 Å². The van der Waals surface area contributed by atoms with Crippen LogP contribution in [0.3, 0.4) is 0 Å². The van der Waals surface area contributed by atoms with Gasteiger partial charge in [-0.3, -0.25) is 9.67 Å². The van der Waals surface area contributed by atoms with E-state index in [-0.39, 0.29) is 5.88 Å². The molecule has 1 aliphatic rings. The fourth-order valence-electron chi connectivity index (χ4n) is 2.66. The highest BCUT2D eigenvalue weighted by atomic mass is 16.3. The molecule has 3 heterocycles. The first-order chi connectivity index (χ1) is 9.83. The van der Waals surface area contributed by atoms with Gasteiger partial charge in [-0.05, 0) is 38.1 Å². The Balaban J connectivity index is 1.66. The highest BCUT2D eigenvalue weighted by Gasteiger charge is 2.13. The van der Waals surface area contributed by atoms with Crippen molar-refractivity contribution in [2.24, 2.45) is 0 Å². The third-order valence-electron chi connectivity index (χ3n) is 3.78. The summed E-state index contributed by atoms with van der Waals surface area (Å²) in [5.74, 6) is 0.0577. The van der Waals surface area contributed by atoms with Crippen LogP contribution < -0.4 is 0 Å². The largest absolute Gasteiger partial charge is 0.492 e. The van der Waals surface area contributed by atoms with Gasteiger partial charge in [-0.25, -0.2) is 0 Å². The number of piperidine rings is 1. The molecule has 1 aliphatic heterocycles. The number of hydrogen-bond donors (Lipinski definition) is 1. The molecule has 0 aromatic carbocycles. The van der Waals surface area contributed by atoms with Gasteiger partial charge in [0, 0.05) is 18.9 Å². The van der Waals surface area contributed by atoms with E-state index in [1.165, 1.54) is 32.4 Å². The second kappa shape index (κ2) is 6.05. The number of pyridine rings is 1. The monoisotopic (exact) mass is 272 g/mol. The molecule has 5 nitrogen and oxygen atoms in total. The maximum Gasteiger partial charge on any atom is 0.239 e. The molecule has 0 radical (unpaired) electrons. The van der Waals surface area contributed by atoms with Crippen molar-refractivity contribution in [2.45, 2.75) is 25.8 Å². The molecule has 0 atom stereocenters. The van der Waals surface area contributed by atoms with Gasteiger partial charge in [-0.2, -0.15) is 0 Å². The average molecular weight is 272 g/mol. The molecular formula is C15H20N4O. The fraction of sp³-hybridized carbons (Fsp3) is 0.467. The molecule has 3 rings (SSSR count). The zero-order valence-corrected chi connectivity index (χ0v) is 11.6. The van der Waals surface area contributed by atoms with Gasteiger partial charge in [0.15, 0.2) is 0 Å². The molecule has 0 spiro atoms. The second-order valence-electron chi connectivity index (χ2n) is 5.25. The molecule has 5 heteroatoms. The van der Waals surface area contributed by atoms with E-state index >= 15 is 0 Å². The summed E-state index contributed by atoms with van der Waals surface area (Å²) < 4.78 is 1.81. The minimum absolute atomic E-state index is 0.0577. The number of aromatic nitrogens is 3. The molecule has 2 aromatic heterocycles. The van der Waals surface area contributed by atoms with Crippen molar-refractivity contribution in [1.82, 2.24) is 19.7 Å². The van der Waals surface area contributed by atoms with E-state index in [4.69, 9.17) is 0 Å². The molecular weight excluding hydrogens is 252 g/mol. The van der Waals surface area contributed by atoms with Gasteiger partial charge in [0.05, 0.1) is 17.8 Å². The molecule has 0 saturated carbocycles. The summed E-state index contributed by atoms with van der Waals surface area (Å²) in [6.45, 7) is 4.16. The molecule has 1 fully saturated rings. The molecule has 1 saturated heterocycles. The Morgan fingerprint density at radius 2 is 1.95 bits per heavy atom. The summed E-state index contributed by atoms with van der Waals surface area (Å²) in [7, 11) is 0. The second-order valence-corrected chi connectivity index (χ2v) is 5.25. The summed E-state index contributed by atoms with van der Waals surface area (Å²) in [6.07, 6.45) is 7.54. The first-order valence-electron chi connectivity index (χ1n) is 7.23. The highest BCUT2D eigenvalue weighted by Crippen LogP contribution is 2.25. The number of aromatic hydroxyl groups is 1. The summed E-state index contributed by atoms with van der Waals surface area (Å²) in [4.78, 5) is 6.71. The van der Waals surface area contributed by atoms with Crippen LogP contribution in [0.15, 0.2) is 30.6 Å². The van der Waals surface area contributed by atoms with Crippen LogP contribution in [-0.4, -0.2) is 44.4 Å². The lowest BCUT2D eigenvalue weighted by Crippen LogP contribution is -2.32. The normalized spacial score (nSPS) is 16.4. The minimum atomic E-state index is 0.0577. The van der Waals surface area contributed by atoms with Crippen LogP contribution in [0.25, 0.3) is 11.3 Å². The molecule has 0 amide bonds. The molecule has 0 bridgehead atoms. The van der Waals surface area contributed by atoms with Crippen molar-refractivity contribution in [3.63, 3.8) is 0 Å². The zero-order valence-electron chi connectivity index (χ0n) is 11.6. The summed E-state index contributed by atoms with van der Waals surface area (Å²) >= 11 is 0. The van der Waals surface area contributed by atoms with E-state index in [9.17, 15) is 5.11 Å². The van der Waals surface area contributed by atoms with Crippen molar-refractivity contribution in [2.75, 3.05) is 19.6 Å². The summed E-state index contributed by atoms with van der Waals surface area (Å²) in [6, 6.07) is 5.65.